The molecule has 2 N–H and O–H groups in total. The van der Waals surface area contributed by atoms with E-state index in [0.717, 1.165) is 18.0 Å². The monoisotopic (exact) mass is 186 g/mol. The molecule has 0 atom stereocenters. The molecule has 1 aliphatic carbocycles. The number of hydrogen-bond acceptors (Lipinski definition) is 2. The smallest absolute Gasteiger partial charge is 0.0506 e. The first-order valence-electron chi connectivity index (χ1n) is 4.28. The quantitative estimate of drug-likeness (QED) is 0.501. The van der Waals surface area contributed by atoms with Crippen molar-refractivity contribution in [3.63, 3.8) is 0 Å². The summed E-state index contributed by atoms with van der Waals surface area (Å²) in [7, 11) is 0. The van der Waals surface area contributed by atoms with Crippen LogP contribution < -0.4 is 5.32 Å². The molecule has 0 aliphatic heterocycles. The molecule has 0 radical (unpaired) electrons. The van der Waals surface area contributed by atoms with Crippen LogP contribution in [0.15, 0.2) is 11.8 Å². The Morgan fingerprint density at radius 1 is 1.67 bits per heavy atom. The average molecular weight is 187 g/mol. The summed E-state index contributed by atoms with van der Waals surface area (Å²) in [6.07, 6.45) is 4.56. The van der Waals surface area contributed by atoms with Gasteiger partial charge in [0.15, 0.2) is 0 Å². The van der Waals surface area contributed by atoms with E-state index in [1.807, 2.05) is 6.20 Å². The number of halogens is 1. The number of allylic oxidation sites excluding steroid dienone is 1. The van der Waals surface area contributed by atoms with Crippen LogP contribution in [0.5, 0.6) is 0 Å². The fourth-order valence-electron chi connectivity index (χ4n) is 0.918. The molecule has 0 heterocycles. The predicted molar refractivity (Wildman–Crippen MR) is 52.9 cm³/mol. The highest BCUT2D eigenvalue weighted by Gasteiger charge is 2.19. The molecule has 0 aromatic heterocycles. The molecule has 0 spiro atoms. The molecule has 1 rings (SSSR count). The zero-order valence-electron chi connectivity index (χ0n) is 7.36. The summed E-state index contributed by atoms with van der Waals surface area (Å²) >= 11 is 5.64. The third-order valence-electron chi connectivity index (χ3n) is 2.01. The number of hydrogen-bond donors (Lipinski definition) is 2. The van der Waals surface area contributed by atoms with Gasteiger partial charge >= 0.3 is 0 Å². The van der Waals surface area contributed by atoms with Crippen LogP contribution in [0.25, 0.3) is 0 Å². The summed E-state index contributed by atoms with van der Waals surface area (Å²) in [5.74, 6) is 1.29. The van der Waals surface area contributed by atoms with Crippen LogP contribution in [-0.4, -0.2) is 18.1 Å². The van der Waals surface area contributed by atoms with Crippen molar-refractivity contribution in [1.82, 2.24) is 5.32 Å². The zero-order chi connectivity index (χ0) is 8.97. The van der Waals surface area contributed by atoms with Gasteiger partial charge in [-0.25, -0.2) is 0 Å². The number of rotatable bonds is 5. The maximum absolute atomic E-state index is 7.36. The van der Waals surface area contributed by atoms with Gasteiger partial charge in [-0.15, -0.1) is 11.6 Å². The van der Waals surface area contributed by atoms with E-state index in [4.69, 9.17) is 17.0 Å². The van der Waals surface area contributed by atoms with Gasteiger partial charge in [0.05, 0.1) is 5.88 Å². The first-order chi connectivity index (χ1) is 5.74. The fraction of sp³-hybridized carbons (Fsp3) is 0.667. The lowest BCUT2D eigenvalue weighted by molar-refractivity contribution is 0.745. The molecule has 1 aliphatic rings. The molecule has 2 nitrogen and oxygen atoms in total. The minimum absolute atomic E-state index is 0.424. The van der Waals surface area contributed by atoms with E-state index in [1.165, 1.54) is 12.8 Å². The summed E-state index contributed by atoms with van der Waals surface area (Å²) < 4.78 is 0. The first kappa shape index (κ1) is 9.59. The molecule has 0 amide bonds. The second-order valence-corrected chi connectivity index (χ2v) is 3.55. The van der Waals surface area contributed by atoms with E-state index < -0.39 is 0 Å². The van der Waals surface area contributed by atoms with Crippen LogP contribution in [0.1, 0.15) is 19.8 Å². The number of nitrogens with one attached hydrogen (secondary N) is 2. The van der Waals surface area contributed by atoms with Crippen molar-refractivity contribution in [3.8, 4) is 0 Å². The average Bonchev–Trinajstić information content (AvgIpc) is 2.80. The highest BCUT2D eigenvalue weighted by Crippen LogP contribution is 2.27. The maximum Gasteiger partial charge on any atom is 0.0506 e. The lowest BCUT2D eigenvalue weighted by Crippen LogP contribution is -2.12. The molecular weight excluding hydrogens is 172 g/mol. The minimum Gasteiger partial charge on any atom is -0.390 e. The lowest BCUT2D eigenvalue weighted by Gasteiger charge is -2.02. The van der Waals surface area contributed by atoms with Crippen molar-refractivity contribution in [1.29, 1.82) is 5.41 Å². The van der Waals surface area contributed by atoms with Crippen LogP contribution >= 0.6 is 11.6 Å². The largest absolute Gasteiger partial charge is 0.390 e. The molecule has 0 saturated heterocycles. The van der Waals surface area contributed by atoms with Crippen molar-refractivity contribution >= 4 is 17.3 Å². The third-order valence-corrected chi connectivity index (χ3v) is 2.29. The molecule has 0 unspecified atom stereocenters. The van der Waals surface area contributed by atoms with Gasteiger partial charge in [-0.2, -0.15) is 0 Å². The Bertz CT molecular complexity index is 195. The Morgan fingerprint density at radius 3 is 2.75 bits per heavy atom. The van der Waals surface area contributed by atoms with Gasteiger partial charge < -0.3 is 10.7 Å². The Morgan fingerprint density at radius 2 is 2.33 bits per heavy atom. The molecule has 0 aromatic carbocycles. The maximum atomic E-state index is 7.36. The van der Waals surface area contributed by atoms with Crippen molar-refractivity contribution in [2.24, 2.45) is 5.92 Å². The summed E-state index contributed by atoms with van der Waals surface area (Å²) in [6, 6.07) is 0. The van der Waals surface area contributed by atoms with Gasteiger partial charge in [0, 0.05) is 24.0 Å². The summed E-state index contributed by atoms with van der Waals surface area (Å²) in [5, 5.41) is 10.6. The summed E-state index contributed by atoms with van der Waals surface area (Å²) in [4.78, 5) is 0. The van der Waals surface area contributed by atoms with E-state index in [0.29, 0.717) is 11.6 Å². The highest BCUT2D eigenvalue weighted by molar-refractivity contribution is 6.22. The standard InChI is InChI=1S/C9H15ClN2/c1-7(11)9(4-10)6-12-5-8-2-3-8/h6,8,11-12H,2-5H2,1H3/b9-6-,11-7?. The van der Waals surface area contributed by atoms with Crippen LogP contribution in [-0.2, 0) is 0 Å². The van der Waals surface area contributed by atoms with Crippen molar-refractivity contribution in [2.75, 3.05) is 12.4 Å². The van der Waals surface area contributed by atoms with Gasteiger partial charge in [0.1, 0.15) is 0 Å². The predicted octanol–water partition coefficient (Wildman–Crippen LogP) is 2.15. The number of alkyl halides is 1. The van der Waals surface area contributed by atoms with E-state index in [9.17, 15) is 0 Å². The van der Waals surface area contributed by atoms with Gasteiger partial charge in [-0.1, -0.05) is 0 Å². The van der Waals surface area contributed by atoms with Gasteiger partial charge in [0.25, 0.3) is 0 Å². The molecule has 0 bridgehead atoms. The Kier molecular flexibility index (Phi) is 3.60. The Balaban J connectivity index is 2.24. The molecule has 68 valence electrons. The van der Waals surface area contributed by atoms with Gasteiger partial charge in [-0.05, 0) is 25.7 Å². The SMILES string of the molecule is CC(=N)/C(=C\NCC1CC1)CCl. The second-order valence-electron chi connectivity index (χ2n) is 3.28. The van der Waals surface area contributed by atoms with E-state index >= 15 is 0 Å². The minimum atomic E-state index is 0.424. The second kappa shape index (κ2) is 4.51. The lowest BCUT2D eigenvalue weighted by atomic mass is 10.2. The molecule has 0 aromatic rings. The van der Waals surface area contributed by atoms with E-state index in [-0.39, 0.29) is 0 Å². The van der Waals surface area contributed by atoms with Crippen LogP contribution in [0.3, 0.4) is 0 Å². The summed E-state index contributed by atoms with van der Waals surface area (Å²) in [6.45, 7) is 2.79. The van der Waals surface area contributed by atoms with Crippen LogP contribution in [0.4, 0.5) is 0 Å². The molecule has 1 fully saturated rings. The highest BCUT2D eigenvalue weighted by atomic mass is 35.5. The topological polar surface area (TPSA) is 35.9 Å². The summed E-state index contributed by atoms with van der Waals surface area (Å²) in [5.41, 5.74) is 1.44. The molecule has 12 heavy (non-hydrogen) atoms. The third kappa shape index (κ3) is 3.26. The van der Waals surface area contributed by atoms with Crippen molar-refractivity contribution < 1.29 is 0 Å². The Hall–Kier alpha value is -0.500. The van der Waals surface area contributed by atoms with Crippen LogP contribution in [0, 0.1) is 11.3 Å². The van der Waals surface area contributed by atoms with Gasteiger partial charge in [0.2, 0.25) is 0 Å². The zero-order valence-corrected chi connectivity index (χ0v) is 8.12. The van der Waals surface area contributed by atoms with Crippen LogP contribution in [0.2, 0.25) is 0 Å². The van der Waals surface area contributed by atoms with Crippen molar-refractivity contribution in [2.45, 2.75) is 19.8 Å². The molecular formula is C9H15ClN2. The first-order valence-corrected chi connectivity index (χ1v) is 4.81. The molecule has 1 saturated carbocycles. The fourth-order valence-corrected chi connectivity index (χ4v) is 1.20. The molecule has 3 heteroatoms. The van der Waals surface area contributed by atoms with Crippen molar-refractivity contribution in [3.05, 3.63) is 11.8 Å². The normalized spacial score (nSPS) is 17.7. The van der Waals surface area contributed by atoms with E-state index in [1.54, 1.807) is 6.92 Å². The van der Waals surface area contributed by atoms with Gasteiger partial charge in [-0.3, -0.25) is 0 Å². The Labute approximate surface area is 78.5 Å². The van der Waals surface area contributed by atoms with E-state index in [2.05, 4.69) is 5.32 Å².